The van der Waals surface area contributed by atoms with Gasteiger partial charge in [-0.15, -0.1) is 0 Å². The van der Waals surface area contributed by atoms with E-state index in [9.17, 15) is 13.2 Å². The number of carboxylic acids is 1. The summed E-state index contributed by atoms with van der Waals surface area (Å²) in [6.45, 7) is 3.13. The summed E-state index contributed by atoms with van der Waals surface area (Å²) in [5, 5.41) is 8.80. The van der Waals surface area contributed by atoms with Gasteiger partial charge in [-0.2, -0.15) is 4.31 Å². The minimum Gasteiger partial charge on any atom is -0.477 e. The Balaban J connectivity index is 2.16. The smallest absolute Gasteiger partial charge is 0.352 e. The van der Waals surface area contributed by atoms with E-state index in [0.29, 0.717) is 19.0 Å². The molecule has 1 aromatic heterocycles. The molecule has 2 N–H and O–H groups in total. The summed E-state index contributed by atoms with van der Waals surface area (Å²) in [6.07, 6.45) is 4.05. The zero-order valence-corrected chi connectivity index (χ0v) is 11.6. The molecule has 1 aliphatic rings. The van der Waals surface area contributed by atoms with Gasteiger partial charge in [-0.3, -0.25) is 0 Å². The molecule has 0 saturated carbocycles. The van der Waals surface area contributed by atoms with Crippen molar-refractivity contribution in [3.8, 4) is 0 Å². The van der Waals surface area contributed by atoms with Gasteiger partial charge in [0.25, 0.3) is 0 Å². The van der Waals surface area contributed by atoms with Crippen LogP contribution in [0.4, 0.5) is 0 Å². The van der Waals surface area contributed by atoms with E-state index in [4.69, 9.17) is 5.11 Å². The fraction of sp³-hybridized carbons (Fsp3) is 0.583. The van der Waals surface area contributed by atoms with Gasteiger partial charge in [0.1, 0.15) is 10.6 Å². The number of rotatable bonds is 4. The third-order valence-corrected chi connectivity index (χ3v) is 5.55. The van der Waals surface area contributed by atoms with E-state index in [2.05, 4.69) is 11.9 Å². The first-order chi connectivity index (χ1) is 8.95. The summed E-state index contributed by atoms with van der Waals surface area (Å²) in [7, 11) is -3.57. The fourth-order valence-electron chi connectivity index (χ4n) is 2.35. The van der Waals surface area contributed by atoms with Crippen LogP contribution in [0.15, 0.2) is 17.2 Å². The van der Waals surface area contributed by atoms with Crippen molar-refractivity contribution in [2.45, 2.75) is 31.1 Å². The lowest BCUT2D eigenvalue weighted by Gasteiger charge is -2.30. The summed E-state index contributed by atoms with van der Waals surface area (Å²) in [4.78, 5) is 13.3. The summed E-state index contributed by atoms with van der Waals surface area (Å²) >= 11 is 0. The van der Waals surface area contributed by atoms with Crippen LogP contribution in [0.5, 0.6) is 0 Å². The highest BCUT2D eigenvalue weighted by Gasteiger charge is 2.29. The maximum Gasteiger partial charge on any atom is 0.352 e. The number of carboxylic acid groups (broad SMARTS) is 1. The minimum atomic E-state index is -3.57. The second-order valence-corrected chi connectivity index (χ2v) is 6.75. The maximum atomic E-state index is 12.3. The van der Waals surface area contributed by atoms with Gasteiger partial charge >= 0.3 is 5.97 Å². The predicted molar refractivity (Wildman–Crippen MR) is 69.5 cm³/mol. The summed E-state index contributed by atoms with van der Waals surface area (Å²) in [5.74, 6) is -0.571. The zero-order chi connectivity index (χ0) is 14.0. The molecule has 106 valence electrons. The fourth-order valence-corrected chi connectivity index (χ4v) is 3.82. The summed E-state index contributed by atoms with van der Waals surface area (Å²) in [6, 6.07) is 1.17. The molecule has 0 aromatic carbocycles. The maximum absolute atomic E-state index is 12.3. The van der Waals surface area contributed by atoms with Gasteiger partial charge in [-0.1, -0.05) is 13.3 Å². The molecule has 2 heterocycles. The number of carbonyl (C=O) groups is 1. The minimum absolute atomic E-state index is 0.0276. The highest BCUT2D eigenvalue weighted by atomic mass is 32.2. The highest BCUT2D eigenvalue weighted by molar-refractivity contribution is 7.89. The molecule has 7 heteroatoms. The largest absolute Gasteiger partial charge is 0.477 e. The molecule has 1 saturated heterocycles. The number of aromatic amines is 1. The van der Waals surface area contributed by atoms with Crippen LogP contribution in [-0.2, 0) is 10.0 Å². The van der Waals surface area contributed by atoms with Crippen molar-refractivity contribution in [2.75, 3.05) is 13.1 Å². The number of aromatic carboxylic acids is 1. The van der Waals surface area contributed by atoms with E-state index in [-0.39, 0.29) is 10.6 Å². The molecule has 0 unspecified atom stereocenters. The van der Waals surface area contributed by atoms with Crippen molar-refractivity contribution >= 4 is 16.0 Å². The zero-order valence-electron chi connectivity index (χ0n) is 10.8. The van der Waals surface area contributed by atoms with Crippen molar-refractivity contribution in [1.29, 1.82) is 0 Å². The van der Waals surface area contributed by atoms with Crippen LogP contribution >= 0.6 is 0 Å². The van der Waals surface area contributed by atoms with E-state index in [1.165, 1.54) is 16.6 Å². The molecular formula is C12H18N2O4S. The van der Waals surface area contributed by atoms with Crippen LogP contribution in [0.1, 0.15) is 36.7 Å². The predicted octanol–water partition coefficient (Wildman–Crippen LogP) is 1.52. The molecule has 1 fully saturated rings. The van der Waals surface area contributed by atoms with Crippen molar-refractivity contribution in [3.63, 3.8) is 0 Å². The highest BCUT2D eigenvalue weighted by Crippen LogP contribution is 2.25. The van der Waals surface area contributed by atoms with Crippen LogP contribution in [0, 0.1) is 5.92 Å². The average molecular weight is 286 g/mol. The number of hydrogen-bond donors (Lipinski definition) is 2. The Morgan fingerprint density at radius 1 is 1.47 bits per heavy atom. The number of aromatic nitrogens is 1. The molecule has 0 radical (unpaired) electrons. The van der Waals surface area contributed by atoms with Gasteiger partial charge in [-0.05, 0) is 24.8 Å². The number of piperidine rings is 1. The van der Waals surface area contributed by atoms with Crippen molar-refractivity contribution < 1.29 is 18.3 Å². The van der Waals surface area contributed by atoms with Crippen molar-refractivity contribution in [1.82, 2.24) is 9.29 Å². The molecule has 1 aromatic rings. The van der Waals surface area contributed by atoms with Crippen LogP contribution in [0.2, 0.25) is 0 Å². The van der Waals surface area contributed by atoms with E-state index < -0.39 is 16.0 Å². The normalized spacial score (nSPS) is 18.6. The molecule has 1 aliphatic heterocycles. The molecule has 0 aliphatic carbocycles. The van der Waals surface area contributed by atoms with Crippen LogP contribution in [0.25, 0.3) is 0 Å². The number of hydrogen-bond acceptors (Lipinski definition) is 3. The topological polar surface area (TPSA) is 90.5 Å². The second kappa shape index (κ2) is 5.34. The molecule has 0 atom stereocenters. The Bertz CT molecular complexity index is 556. The lowest BCUT2D eigenvalue weighted by molar-refractivity contribution is 0.0691. The lowest BCUT2D eigenvalue weighted by atomic mass is 9.96. The van der Waals surface area contributed by atoms with Gasteiger partial charge in [0.15, 0.2) is 0 Å². The first-order valence-corrected chi connectivity index (χ1v) is 7.81. The Labute approximate surface area is 112 Å². The van der Waals surface area contributed by atoms with E-state index in [1.54, 1.807) is 0 Å². The van der Waals surface area contributed by atoms with E-state index >= 15 is 0 Å². The summed E-state index contributed by atoms with van der Waals surface area (Å²) < 4.78 is 26.1. The van der Waals surface area contributed by atoms with Gasteiger partial charge in [0.2, 0.25) is 10.0 Å². The molecule has 0 spiro atoms. The van der Waals surface area contributed by atoms with Gasteiger partial charge in [0.05, 0.1) is 0 Å². The lowest BCUT2D eigenvalue weighted by Crippen LogP contribution is -2.38. The number of nitrogens with zero attached hydrogens (tertiary/aromatic N) is 1. The van der Waals surface area contributed by atoms with E-state index in [0.717, 1.165) is 19.3 Å². The van der Waals surface area contributed by atoms with Crippen molar-refractivity contribution in [3.05, 3.63) is 18.0 Å². The number of sulfonamides is 1. The standard InChI is InChI=1S/C12H18N2O4S/c1-2-9-3-5-14(6-4-9)19(17,18)10-7-11(12(15)16)13-8-10/h7-9,13H,2-6H2,1H3,(H,15,16). The molecule has 0 amide bonds. The quantitative estimate of drug-likeness (QED) is 0.878. The average Bonchev–Trinajstić information content (AvgIpc) is 2.89. The van der Waals surface area contributed by atoms with Crippen molar-refractivity contribution in [2.24, 2.45) is 5.92 Å². The van der Waals surface area contributed by atoms with Crippen LogP contribution in [-0.4, -0.2) is 41.9 Å². The Hall–Kier alpha value is -1.34. The SMILES string of the molecule is CCC1CCN(S(=O)(=O)c2c[nH]c(C(=O)O)c2)CC1. The van der Waals surface area contributed by atoms with E-state index in [1.807, 2.05) is 0 Å². The third kappa shape index (κ3) is 2.82. The molecule has 2 rings (SSSR count). The van der Waals surface area contributed by atoms with Gasteiger partial charge < -0.3 is 10.1 Å². The molecule has 0 bridgehead atoms. The number of H-pyrrole nitrogens is 1. The van der Waals surface area contributed by atoms with Crippen LogP contribution in [0.3, 0.4) is 0 Å². The Morgan fingerprint density at radius 3 is 2.58 bits per heavy atom. The molecular weight excluding hydrogens is 268 g/mol. The Kier molecular flexibility index (Phi) is 3.96. The first kappa shape index (κ1) is 14.1. The van der Waals surface area contributed by atoms with Gasteiger partial charge in [0, 0.05) is 19.3 Å². The molecule has 19 heavy (non-hydrogen) atoms. The monoisotopic (exact) mass is 286 g/mol. The van der Waals surface area contributed by atoms with Gasteiger partial charge in [-0.25, -0.2) is 13.2 Å². The summed E-state index contributed by atoms with van der Waals surface area (Å²) in [5.41, 5.74) is -0.109. The number of nitrogens with one attached hydrogen (secondary N) is 1. The Morgan fingerprint density at radius 2 is 2.11 bits per heavy atom. The molecule has 6 nitrogen and oxygen atoms in total. The van der Waals surface area contributed by atoms with Crippen LogP contribution < -0.4 is 0 Å². The second-order valence-electron chi connectivity index (χ2n) is 4.81. The third-order valence-electron chi connectivity index (χ3n) is 3.68. The first-order valence-electron chi connectivity index (χ1n) is 6.37.